The van der Waals surface area contributed by atoms with Crippen molar-refractivity contribution >= 4 is 5.91 Å². The first-order valence-corrected chi connectivity index (χ1v) is 8.78. The van der Waals surface area contributed by atoms with Crippen molar-refractivity contribution in [2.24, 2.45) is 0 Å². The largest absolute Gasteiger partial charge is 0.356 e. The maximum absolute atomic E-state index is 11.8. The van der Waals surface area contributed by atoms with Crippen molar-refractivity contribution in [2.45, 2.75) is 51.9 Å². The minimum absolute atomic E-state index is 0.202. The van der Waals surface area contributed by atoms with Crippen LogP contribution in [0.15, 0.2) is 24.3 Å². The smallest absolute Gasteiger partial charge is 0.220 e. The van der Waals surface area contributed by atoms with Crippen LogP contribution in [-0.4, -0.2) is 37.0 Å². The van der Waals surface area contributed by atoms with Gasteiger partial charge >= 0.3 is 0 Å². The Morgan fingerprint density at radius 1 is 1.09 bits per heavy atom. The van der Waals surface area contributed by atoms with E-state index >= 15 is 0 Å². The predicted octanol–water partition coefficient (Wildman–Crippen LogP) is 3.31. The summed E-state index contributed by atoms with van der Waals surface area (Å²) in [5.74, 6) is 0.202. The molecule has 1 N–H and O–H groups in total. The zero-order valence-corrected chi connectivity index (χ0v) is 13.9. The van der Waals surface area contributed by atoms with Gasteiger partial charge in [-0.05, 0) is 70.6 Å². The highest BCUT2D eigenvalue weighted by Gasteiger charge is 2.10. The summed E-state index contributed by atoms with van der Waals surface area (Å²) in [6, 6.07) is 8.59. The minimum Gasteiger partial charge on any atom is -0.356 e. The number of amides is 1. The van der Waals surface area contributed by atoms with Crippen LogP contribution in [0.5, 0.6) is 0 Å². The quantitative estimate of drug-likeness (QED) is 0.710. The number of likely N-dealkylation sites (tertiary alicyclic amines) is 1. The molecule has 1 heterocycles. The van der Waals surface area contributed by atoms with Crippen molar-refractivity contribution in [3.63, 3.8) is 0 Å². The zero-order valence-electron chi connectivity index (χ0n) is 13.9. The van der Waals surface area contributed by atoms with Gasteiger partial charge in [0.1, 0.15) is 0 Å². The third-order valence-electron chi connectivity index (χ3n) is 4.41. The number of carbonyl (C=O) groups is 1. The molecule has 1 aliphatic heterocycles. The molecule has 1 amide bonds. The Balaban J connectivity index is 1.46. The second kappa shape index (κ2) is 9.62. The van der Waals surface area contributed by atoms with E-state index in [1.54, 1.807) is 0 Å². The van der Waals surface area contributed by atoms with E-state index in [9.17, 15) is 4.79 Å². The lowest BCUT2D eigenvalue weighted by Crippen LogP contribution is -2.26. The normalized spacial score (nSPS) is 15.1. The second-order valence-electron chi connectivity index (χ2n) is 6.44. The van der Waals surface area contributed by atoms with Crippen molar-refractivity contribution in [1.82, 2.24) is 10.2 Å². The Labute approximate surface area is 135 Å². The van der Waals surface area contributed by atoms with Crippen LogP contribution in [0.25, 0.3) is 0 Å². The Hall–Kier alpha value is -1.35. The van der Waals surface area contributed by atoms with Gasteiger partial charge in [0.25, 0.3) is 0 Å². The summed E-state index contributed by atoms with van der Waals surface area (Å²) in [7, 11) is 0. The van der Waals surface area contributed by atoms with Gasteiger partial charge in [-0.2, -0.15) is 0 Å². The summed E-state index contributed by atoms with van der Waals surface area (Å²) in [6.07, 6.45) is 7.57. The number of hydrogen-bond acceptors (Lipinski definition) is 2. The monoisotopic (exact) mass is 302 g/mol. The van der Waals surface area contributed by atoms with Crippen molar-refractivity contribution in [1.29, 1.82) is 0 Å². The fourth-order valence-electron chi connectivity index (χ4n) is 2.99. The number of nitrogens with zero attached hydrogens (tertiary/aromatic N) is 1. The summed E-state index contributed by atoms with van der Waals surface area (Å²) in [5, 5.41) is 3.05. The van der Waals surface area contributed by atoms with Crippen molar-refractivity contribution < 1.29 is 4.79 Å². The molecule has 1 aliphatic rings. The van der Waals surface area contributed by atoms with Gasteiger partial charge in [-0.3, -0.25) is 4.79 Å². The first-order chi connectivity index (χ1) is 10.7. The van der Waals surface area contributed by atoms with E-state index in [0.717, 1.165) is 25.8 Å². The van der Waals surface area contributed by atoms with E-state index in [1.165, 1.54) is 50.0 Å². The number of rotatable bonds is 9. The molecule has 0 spiro atoms. The molecule has 1 saturated heterocycles. The molecular formula is C19H30N2O. The number of benzene rings is 1. The van der Waals surface area contributed by atoms with Crippen LogP contribution in [0.4, 0.5) is 0 Å². The molecular weight excluding hydrogens is 272 g/mol. The van der Waals surface area contributed by atoms with Gasteiger partial charge in [0.2, 0.25) is 5.91 Å². The molecule has 0 aliphatic carbocycles. The molecule has 122 valence electrons. The molecule has 22 heavy (non-hydrogen) atoms. The van der Waals surface area contributed by atoms with Crippen molar-refractivity contribution in [3.05, 3.63) is 35.4 Å². The van der Waals surface area contributed by atoms with Crippen LogP contribution in [0.2, 0.25) is 0 Å². The molecule has 1 aromatic carbocycles. The fourth-order valence-corrected chi connectivity index (χ4v) is 2.99. The van der Waals surface area contributed by atoms with E-state index in [4.69, 9.17) is 0 Å². The van der Waals surface area contributed by atoms with Gasteiger partial charge < -0.3 is 10.2 Å². The van der Waals surface area contributed by atoms with Gasteiger partial charge in [0, 0.05) is 13.0 Å². The summed E-state index contributed by atoms with van der Waals surface area (Å²) < 4.78 is 0. The molecule has 0 bridgehead atoms. The summed E-state index contributed by atoms with van der Waals surface area (Å²) >= 11 is 0. The number of nitrogens with one attached hydrogen (secondary N) is 1. The van der Waals surface area contributed by atoms with Gasteiger partial charge in [0.15, 0.2) is 0 Å². The summed E-state index contributed by atoms with van der Waals surface area (Å²) in [4.78, 5) is 14.3. The number of hydrogen-bond donors (Lipinski definition) is 1. The van der Waals surface area contributed by atoms with Crippen LogP contribution < -0.4 is 5.32 Å². The van der Waals surface area contributed by atoms with Gasteiger partial charge in [-0.15, -0.1) is 0 Å². The zero-order chi connectivity index (χ0) is 15.6. The number of aryl methyl sites for hydroxylation is 2. The third kappa shape index (κ3) is 6.61. The highest BCUT2D eigenvalue weighted by Crippen LogP contribution is 2.08. The lowest BCUT2D eigenvalue weighted by atomic mass is 10.1. The third-order valence-corrected chi connectivity index (χ3v) is 4.41. The van der Waals surface area contributed by atoms with Gasteiger partial charge in [-0.1, -0.05) is 29.8 Å². The first-order valence-electron chi connectivity index (χ1n) is 8.78. The maximum Gasteiger partial charge on any atom is 0.220 e. The number of carbonyl (C=O) groups excluding carboxylic acids is 1. The van der Waals surface area contributed by atoms with Crippen LogP contribution in [0, 0.1) is 6.92 Å². The Bertz CT molecular complexity index is 435. The van der Waals surface area contributed by atoms with Crippen LogP contribution in [0.1, 0.15) is 49.7 Å². The highest BCUT2D eigenvalue weighted by molar-refractivity contribution is 5.75. The highest BCUT2D eigenvalue weighted by atomic mass is 16.1. The molecule has 0 aromatic heterocycles. The molecule has 0 unspecified atom stereocenters. The lowest BCUT2D eigenvalue weighted by molar-refractivity contribution is -0.121. The van der Waals surface area contributed by atoms with E-state index in [1.807, 2.05) is 0 Å². The summed E-state index contributed by atoms with van der Waals surface area (Å²) in [5.41, 5.74) is 2.61. The molecule has 0 radical (unpaired) electrons. The Morgan fingerprint density at radius 3 is 2.55 bits per heavy atom. The average molecular weight is 302 g/mol. The van der Waals surface area contributed by atoms with E-state index < -0.39 is 0 Å². The van der Waals surface area contributed by atoms with E-state index in [-0.39, 0.29) is 5.91 Å². The van der Waals surface area contributed by atoms with E-state index in [0.29, 0.717) is 6.42 Å². The minimum atomic E-state index is 0.202. The SMILES string of the molecule is Cc1ccc(CCCC(=O)NCCCCN2CCCC2)cc1. The van der Waals surface area contributed by atoms with Crippen molar-refractivity contribution in [3.8, 4) is 0 Å². The van der Waals surface area contributed by atoms with Crippen molar-refractivity contribution in [2.75, 3.05) is 26.2 Å². The summed E-state index contributed by atoms with van der Waals surface area (Å²) in [6.45, 7) is 6.66. The van der Waals surface area contributed by atoms with Gasteiger partial charge in [0.05, 0.1) is 0 Å². The predicted molar refractivity (Wildman–Crippen MR) is 92.0 cm³/mol. The molecule has 1 aromatic rings. The first kappa shape index (κ1) is 17.0. The fraction of sp³-hybridized carbons (Fsp3) is 0.632. The standard InChI is InChI=1S/C19H30N2O/c1-17-9-11-18(12-10-17)7-6-8-19(22)20-13-2-3-14-21-15-4-5-16-21/h9-12H,2-8,13-16H2,1H3,(H,20,22). The van der Waals surface area contributed by atoms with Crippen LogP contribution in [-0.2, 0) is 11.2 Å². The second-order valence-corrected chi connectivity index (χ2v) is 6.44. The molecule has 0 saturated carbocycles. The molecule has 3 heteroatoms. The molecule has 1 fully saturated rings. The van der Waals surface area contributed by atoms with E-state index in [2.05, 4.69) is 41.4 Å². The van der Waals surface area contributed by atoms with Gasteiger partial charge in [-0.25, -0.2) is 0 Å². The molecule has 0 atom stereocenters. The average Bonchev–Trinajstić information content (AvgIpc) is 3.02. The Morgan fingerprint density at radius 2 is 1.82 bits per heavy atom. The molecule has 2 rings (SSSR count). The van der Waals surface area contributed by atoms with Crippen LogP contribution >= 0.6 is 0 Å². The lowest BCUT2D eigenvalue weighted by Gasteiger charge is -2.14. The maximum atomic E-state index is 11.8. The molecule has 3 nitrogen and oxygen atoms in total. The number of unbranched alkanes of at least 4 members (excludes halogenated alkanes) is 1. The Kier molecular flexibility index (Phi) is 7.44. The topological polar surface area (TPSA) is 32.3 Å². The van der Waals surface area contributed by atoms with Crippen LogP contribution in [0.3, 0.4) is 0 Å².